The van der Waals surface area contributed by atoms with Crippen molar-refractivity contribution in [2.75, 3.05) is 16.8 Å². The smallest absolute Gasteiger partial charge is 0.227 e. The minimum absolute atomic E-state index is 0.241. The molecule has 1 aliphatic heterocycles. The minimum atomic E-state index is 0.241. The third-order valence-electron chi connectivity index (χ3n) is 2.88. The van der Waals surface area contributed by atoms with E-state index in [0.29, 0.717) is 12.3 Å². The number of aryl methyl sites for hydroxylation is 1. The number of alkyl halides is 1. The summed E-state index contributed by atoms with van der Waals surface area (Å²) >= 11 is 5.76. The van der Waals surface area contributed by atoms with Crippen LogP contribution in [-0.4, -0.2) is 17.8 Å². The van der Waals surface area contributed by atoms with Gasteiger partial charge in [0.2, 0.25) is 5.91 Å². The summed E-state index contributed by atoms with van der Waals surface area (Å²) in [6.45, 7) is 2.91. The van der Waals surface area contributed by atoms with Crippen molar-refractivity contribution in [3.63, 3.8) is 0 Å². The molecule has 1 aromatic carbocycles. The van der Waals surface area contributed by atoms with Gasteiger partial charge in [0.05, 0.1) is 0 Å². The zero-order valence-corrected chi connectivity index (χ0v) is 12.8. The molecule has 0 aromatic heterocycles. The summed E-state index contributed by atoms with van der Waals surface area (Å²) < 4.78 is 1.24. The minimum Gasteiger partial charge on any atom is -0.312 e. The van der Waals surface area contributed by atoms with E-state index in [2.05, 4.69) is 57.6 Å². The Kier molecular flexibility index (Phi) is 3.89. The maximum atomic E-state index is 11.8. The molecule has 0 bridgehead atoms. The van der Waals surface area contributed by atoms with Gasteiger partial charge in [0.25, 0.3) is 0 Å². The van der Waals surface area contributed by atoms with Crippen LogP contribution in [0.25, 0.3) is 0 Å². The Morgan fingerprint density at radius 2 is 2.31 bits per heavy atom. The van der Waals surface area contributed by atoms with Crippen molar-refractivity contribution in [2.24, 2.45) is 5.92 Å². The van der Waals surface area contributed by atoms with Crippen LogP contribution >= 0.6 is 38.5 Å². The first-order valence-corrected chi connectivity index (χ1v) is 7.44. The standard InChI is InChI=1S/C12H13BrINO/c1-8-4-10(2-3-11(8)14)15-7-9(6-13)5-12(15)16/h2-4,9H,5-7H2,1H3. The monoisotopic (exact) mass is 393 g/mol. The molecule has 0 N–H and O–H groups in total. The molecule has 1 amide bonds. The highest BCUT2D eigenvalue weighted by molar-refractivity contribution is 14.1. The van der Waals surface area contributed by atoms with Crippen LogP contribution in [0.1, 0.15) is 12.0 Å². The summed E-state index contributed by atoms with van der Waals surface area (Å²) in [5.41, 5.74) is 2.26. The van der Waals surface area contributed by atoms with Crippen LogP contribution < -0.4 is 4.90 Å². The Morgan fingerprint density at radius 3 is 2.88 bits per heavy atom. The largest absolute Gasteiger partial charge is 0.312 e. The van der Waals surface area contributed by atoms with Gasteiger partial charge >= 0.3 is 0 Å². The third kappa shape index (κ3) is 2.42. The quantitative estimate of drug-likeness (QED) is 0.557. The number of rotatable bonds is 2. The number of anilines is 1. The van der Waals surface area contributed by atoms with Crippen LogP contribution in [0.2, 0.25) is 0 Å². The molecule has 1 aromatic rings. The fraction of sp³-hybridized carbons (Fsp3) is 0.417. The topological polar surface area (TPSA) is 20.3 Å². The fourth-order valence-corrected chi connectivity index (χ4v) is 2.70. The molecule has 2 rings (SSSR count). The van der Waals surface area contributed by atoms with Gasteiger partial charge in [-0.3, -0.25) is 4.79 Å². The Labute approximate surface area is 118 Å². The van der Waals surface area contributed by atoms with Crippen LogP contribution in [-0.2, 0) is 4.79 Å². The SMILES string of the molecule is Cc1cc(N2CC(CBr)CC2=O)ccc1I. The van der Waals surface area contributed by atoms with Crippen molar-refractivity contribution >= 4 is 50.1 Å². The molecule has 2 nitrogen and oxygen atoms in total. The predicted octanol–water partition coefficient (Wildman–Crippen LogP) is 3.35. The molecule has 1 unspecified atom stereocenters. The maximum absolute atomic E-state index is 11.8. The van der Waals surface area contributed by atoms with Gasteiger partial charge < -0.3 is 4.90 Å². The highest BCUT2D eigenvalue weighted by Gasteiger charge is 2.29. The number of hydrogen-bond donors (Lipinski definition) is 0. The Bertz CT molecular complexity index is 421. The van der Waals surface area contributed by atoms with Gasteiger partial charge in [0, 0.05) is 27.6 Å². The molecule has 1 aliphatic rings. The van der Waals surface area contributed by atoms with Crippen LogP contribution in [0.15, 0.2) is 18.2 Å². The number of benzene rings is 1. The van der Waals surface area contributed by atoms with Crippen molar-refractivity contribution in [2.45, 2.75) is 13.3 Å². The first kappa shape index (κ1) is 12.4. The van der Waals surface area contributed by atoms with Crippen LogP contribution in [0.5, 0.6) is 0 Å². The summed E-state index contributed by atoms with van der Waals surface area (Å²) in [6, 6.07) is 6.19. The summed E-state index contributed by atoms with van der Waals surface area (Å²) in [4.78, 5) is 13.7. The van der Waals surface area contributed by atoms with E-state index in [4.69, 9.17) is 0 Å². The first-order chi connectivity index (χ1) is 7.61. The van der Waals surface area contributed by atoms with Gasteiger partial charge in [-0.25, -0.2) is 0 Å². The van der Waals surface area contributed by atoms with E-state index in [-0.39, 0.29) is 5.91 Å². The van der Waals surface area contributed by atoms with Crippen LogP contribution in [0, 0.1) is 16.4 Å². The molecule has 4 heteroatoms. The van der Waals surface area contributed by atoms with Gasteiger partial charge in [-0.2, -0.15) is 0 Å². The van der Waals surface area contributed by atoms with Crippen LogP contribution in [0.3, 0.4) is 0 Å². The van der Waals surface area contributed by atoms with Crippen molar-refractivity contribution in [1.29, 1.82) is 0 Å². The molecular formula is C12H13BrINO. The van der Waals surface area contributed by atoms with E-state index in [9.17, 15) is 4.79 Å². The van der Waals surface area contributed by atoms with Crippen LogP contribution in [0.4, 0.5) is 5.69 Å². The number of carbonyl (C=O) groups is 1. The number of nitrogens with zero attached hydrogens (tertiary/aromatic N) is 1. The normalized spacial score (nSPS) is 20.6. The highest BCUT2D eigenvalue weighted by atomic mass is 127. The van der Waals surface area contributed by atoms with Gasteiger partial charge in [-0.15, -0.1) is 0 Å². The number of halogens is 2. The Morgan fingerprint density at radius 1 is 1.56 bits per heavy atom. The molecular weight excluding hydrogens is 381 g/mol. The lowest BCUT2D eigenvalue weighted by Gasteiger charge is -2.17. The second kappa shape index (κ2) is 5.04. The zero-order valence-electron chi connectivity index (χ0n) is 9.04. The van der Waals surface area contributed by atoms with E-state index in [1.54, 1.807) is 0 Å². The lowest BCUT2D eigenvalue weighted by Crippen LogP contribution is -2.24. The second-order valence-electron chi connectivity index (χ2n) is 4.16. The molecule has 0 spiro atoms. The second-order valence-corrected chi connectivity index (χ2v) is 5.97. The molecule has 16 heavy (non-hydrogen) atoms. The molecule has 0 aliphatic carbocycles. The number of carbonyl (C=O) groups excluding carboxylic acids is 1. The van der Waals surface area contributed by atoms with E-state index in [1.807, 2.05) is 11.0 Å². The van der Waals surface area contributed by atoms with E-state index >= 15 is 0 Å². The zero-order chi connectivity index (χ0) is 11.7. The van der Waals surface area contributed by atoms with Gasteiger partial charge in [0.1, 0.15) is 0 Å². The van der Waals surface area contributed by atoms with Crippen molar-refractivity contribution < 1.29 is 4.79 Å². The molecule has 0 saturated carbocycles. The molecule has 0 radical (unpaired) electrons. The molecule has 1 atom stereocenters. The Balaban J connectivity index is 2.24. The summed E-state index contributed by atoms with van der Waals surface area (Å²) in [5, 5.41) is 0.901. The van der Waals surface area contributed by atoms with Gasteiger partial charge in [-0.1, -0.05) is 15.9 Å². The molecule has 1 fully saturated rings. The van der Waals surface area contributed by atoms with E-state index < -0.39 is 0 Å². The van der Waals surface area contributed by atoms with Gasteiger partial charge in [-0.05, 0) is 59.2 Å². The third-order valence-corrected chi connectivity index (χ3v) is 5.00. The lowest BCUT2D eigenvalue weighted by atomic mass is 10.2. The van der Waals surface area contributed by atoms with Crippen molar-refractivity contribution in [3.8, 4) is 0 Å². The predicted molar refractivity (Wildman–Crippen MR) is 78.2 cm³/mol. The summed E-state index contributed by atoms with van der Waals surface area (Å²) in [6.07, 6.45) is 0.663. The number of hydrogen-bond acceptors (Lipinski definition) is 1. The fourth-order valence-electron chi connectivity index (χ4n) is 1.93. The molecule has 86 valence electrons. The van der Waals surface area contributed by atoms with E-state index in [0.717, 1.165) is 17.6 Å². The highest BCUT2D eigenvalue weighted by Crippen LogP contribution is 2.27. The first-order valence-electron chi connectivity index (χ1n) is 5.24. The number of amides is 1. The Hall–Kier alpha value is -0.100. The lowest BCUT2D eigenvalue weighted by molar-refractivity contribution is -0.117. The average Bonchev–Trinajstić information content (AvgIpc) is 2.64. The van der Waals surface area contributed by atoms with Crippen molar-refractivity contribution in [1.82, 2.24) is 0 Å². The summed E-state index contributed by atoms with van der Waals surface area (Å²) in [7, 11) is 0. The van der Waals surface area contributed by atoms with Gasteiger partial charge in [0.15, 0.2) is 0 Å². The molecule has 1 saturated heterocycles. The maximum Gasteiger partial charge on any atom is 0.227 e. The average molecular weight is 394 g/mol. The summed E-state index contributed by atoms with van der Waals surface area (Å²) in [5.74, 6) is 0.692. The van der Waals surface area contributed by atoms with E-state index in [1.165, 1.54) is 9.13 Å². The van der Waals surface area contributed by atoms with Crippen molar-refractivity contribution in [3.05, 3.63) is 27.3 Å². The molecule has 1 heterocycles.